The first-order valence-corrected chi connectivity index (χ1v) is 23.3. The number of carbonyl (C=O) groups excluding carboxylic acids is 2. The van der Waals surface area contributed by atoms with Gasteiger partial charge in [0.1, 0.15) is 11.5 Å². The van der Waals surface area contributed by atoms with Crippen LogP contribution in [0.3, 0.4) is 0 Å². The molecule has 0 radical (unpaired) electrons. The van der Waals surface area contributed by atoms with E-state index < -0.39 is 0 Å². The number of thioether (sulfide) groups is 1. The summed E-state index contributed by atoms with van der Waals surface area (Å²) in [5.74, 6) is 1.31. The molecule has 294 valence electrons. The number of aliphatic hydroxyl groups excluding tert-OH is 1. The van der Waals surface area contributed by atoms with Gasteiger partial charge in [0, 0.05) is 12.2 Å². The second-order valence-corrected chi connectivity index (χ2v) is 17.3. The standard InChI is InChI=1S/C44H82O5S/c1-3-5-7-24-33-41(48-42(46)36-35-38-27-20-18-21-28-38)37-50-43(34-26-25-32-40(45)31-19-6-4-2)49-44(47)39-29-22-16-14-12-10-8-9-11-13-15-17-23-30-39/h38-41,43,45H,3-37H2,1-2H3. The fraction of sp³-hybridized carbons (Fsp3) is 0.955. The van der Waals surface area contributed by atoms with Gasteiger partial charge in [-0.05, 0) is 63.7 Å². The van der Waals surface area contributed by atoms with Gasteiger partial charge in [0.15, 0.2) is 0 Å². The van der Waals surface area contributed by atoms with E-state index >= 15 is 0 Å². The number of hydrogen-bond donors (Lipinski definition) is 1. The molecule has 0 spiro atoms. The largest absolute Gasteiger partial charge is 0.461 e. The van der Waals surface area contributed by atoms with Crippen molar-refractivity contribution in [1.82, 2.24) is 0 Å². The average Bonchev–Trinajstić information content (AvgIpc) is 3.13. The van der Waals surface area contributed by atoms with Crippen molar-refractivity contribution in [3.63, 3.8) is 0 Å². The molecule has 0 amide bonds. The number of carbonyl (C=O) groups is 2. The highest BCUT2D eigenvalue weighted by Crippen LogP contribution is 2.30. The predicted octanol–water partition coefficient (Wildman–Crippen LogP) is 13.4. The highest BCUT2D eigenvalue weighted by Gasteiger charge is 2.26. The van der Waals surface area contributed by atoms with E-state index in [4.69, 9.17) is 9.47 Å². The molecule has 0 aromatic carbocycles. The summed E-state index contributed by atoms with van der Waals surface area (Å²) in [6, 6.07) is 0. The molecule has 0 aromatic heterocycles. The Bertz CT molecular complexity index is 783. The van der Waals surface area contributed by atoms with Gasteiger partial charge in [-0.3, -0.25) is 9.59 Å². The Balaban J connectivity index is 2.00. The third kappa shape index (κ3) is 24.5. The normalized spacial score (nSPS) is 19.9. The Kier molecular flexibility index (Phi) is 28.8. The van der Waals surface area contributed by atoms with Crippen LogP contribution in [0.4, 0.5) is 0 Å². The number of ether oxygens (including phenoxy) is 2. The zero-order valence-corrected chi connectivity index (χ0v) is 33.9. The summed E-state index contributed by atoms with van der Waals surface area (Å²) in [4.78, 5) is 26.9. The lowest BCUT2D eigenvalue weighted by atomic mass is 9.86. The fourth-order valence-corrected chi connectivity index (χ4v) is 9.19. The zero-order valence-electron chi connectivity index (χ0n) is 33.1. The Morgan fingerprint density at radius 3 is 1.68 bits per heavy atom. The maximum absolute atomic E-state index is 13.8. The number of aliphatic hydroxyl groups is 1. The van der Waals surface area contributed by atoms with Crippen molar-refractivity contribution >= 4 is 23.7 Å². The molecule has 3 unspecified atom stereocenters. The summed E-state index contributed by atoms with van der Waals surface area (Å²) in [5, 5.41) is 10.5. The average molecular weight is 723 g/mol. The molecule has 50 heavy (non-hydrogen) atoms. The van der Waals surface area contributed by atoms with Crippen LogP contribution in [-0.4, -0.2) is 40.4 Å². The summed E-state index contributed by atoms with van der Waals surface area (Å²) in [5.41, 5.74) is -0.226. The van der Waals surface area contributed by atoms with Crippen LogP contribution in [0.5, 0.6) is 0 Å². The van der Waals surface area contributed by atoms with E-state index in [0.29, 0.717) is 18.1 Å². The van der Waals surface area contributed by atoms with E-state index in [1.165, 1.54) is 122 Å². The summed E-state index contributed by atoms with van der Waals surface area (Å²) >= 11 is 1.70. The molecule has 0 aliphatic heterocycles. The van der Waals surface area contributed by atoms with Crippen LogP contribution >= 0.6 is 11.8 Å². The third-order valence-electron chi connectivity index (χ3n) is 11.4. The van der Waals surface area contributed by atoms with Crippen LogP contribution in [-0.2, 0) is 19.1 Å². The van der Waals surface area contributed by atoms with Crippen LogP contribution < -0.4 is 0 Å². The number of rotatable bonds is 23. The van der Waals surface area contributed by atoms with Gasteiger partial charge < -0.3 is 14.6 Å². The smallest absolute Gasteiger partial charge is 0.310 e. The summed E-state index contributed by atoms with van der Waals surface area (Å²) in [6.45, 7) is 4.43. The molecule has 2 aliphatic rings. The molecule has 2 fully saturated rings. The number of unbranched alkanes of at least 4 members (excludes halogenated alkanes) is 6. The molecule has 2 saturated carbocycles. The van der Waals surface area contributed by atoms with Crippen LogP contribution in [0.2, 0.25) is 0 Å². The minimum atomic E-state index is -0.232. The van der Waals surface area contributed by atoms with Gasteiger partial charge in [0.2, 0.25) is 0 Å². The molecule has 0 aromatic rings. The Morgan fingerprint density at radius 2 is 1.08 bits per heavy atom. The predicted molar refractivity (Wildman–Crippen MR) is 214 cm³/mol. The third-order valence-corrected chi connectivity index (χ3v) is 12.7. The molecule has 0 heterocycles. The summed E-state index contributed by atoms with van der Waals surface area (Å²) in [6.07, 6.45) is 38.1. The first kappa shape index (κ1) is 45.4. The van der Waals surface area contributed by atoms with Crippen molar-refractivity contribution in [3.05, 3.63) is 0 Å². The van der Waals surface area contributed by atoms with Gasteiger partial charge in [-0.15, -0.1) is 11.8 Å². The first-order chi connectivity index (χ1) is 24.5. The maximum Gasteiger partial charge on any atom is 0.310 e. The van der Waals surface area contributed by atoms with Gasteiger partial charge in [-0.2, -0.15) is 0 Å². The second kappa shape index (κ2) is 31.7. The van der Waals surface area contributed by atoms with Gasteiger partial charge in [0.05, 0.1) is 12.0 Å². The molecule has 2 rings (SSSR count). The van der Waals surface area contributed by atoms with Crippen LogP contribution in [0.25, 0.3) is 0 Å². The summed E-state index contributed by atoms with van der Waals surface area (Å²) < 4.78 is 12.6. The van der Waals surface area contributed by atoms with Crippen LogP contribution in [0.15, 0.2) is 0 Å². The maximum atomic E-state index is 13.8. The number of hydrogen-bond acceptors (Lipinski definition) is 6. The van der Waals surface area contributed by atoms with Crippen molar-refractivity contribution in [2.75, 3.05) is 5.75 Å². The molecule has 5 nitrogen and oxygen atoms in total. The quantitative estimate of drug-likeness (QED) is 0.0643. The minimum absolute atomic E-state index is 0.00427. The molecular weight excluding hydrogens is 641 g/mol. The Labute approximate surface area is 314 Å². The molecule has 3 atom stereocenters. The topological polar surface area (TPSA) is 72.8 Å². The molecule has 6 heteroatoms. The van der Waals surface area contributed by atoms with Crippen molar-refractivity contribution in [2.45, 2.75) is 250 Å². The molecular formula is C44H82O5S. The second-order valence-electron chi connectivity index (χ2n) is 16.2. The lowest BCUT2D eigenvalue weighted by molar-refractivity contribution is -0.151. The van der Waals surface area contributed by atoms with Gasteiger partial charge in [0.25, 0.3) is 0 Å². The van der Waals surface area contributed by atoms with E-state index in [-0.39, 0.29) is 35.5 Å². The minimum Gasteiger partial charge on any atom is -0.461 e. The van der Waals surface area contributed by atoms with E-state index in [2.05, 4.69) is 13.8 Å². The highest BCUT2D eigenvalue weighted by atomic mass is 32.2. The highest BCUT2D eigenvalue weighted by molar-refractivity contribution is 7.99. The summed E-state index contributed by atoms with van der Waals surface area (Å²) in [7, 11) is 0. The van der Waals surface area contributed by atoms with Crippen molar-refractivity contribution in [1.29, 1.82) is 0 Å². The lowest BCUT2D eigenvalue weighted by Crippen LogP contribution is -2.26. The van der Waals surface area contributed by atoms with E-state index in [0.717, 1.165) is 89.9 Å². The first-order valence-electron chi connectivity index (χ1n) is 22.2. The van der Waals surface area contributed by atoms with E-state index in [1.54, 1.807) is 11.8 Å². The molecule has 0 bridgehead atoms. The Morgan fingerprint density at radius 1 is 0.600 bits per heavy atom. The SMILES string of the molecule is CCCCCCC(CSC(CCCCC(O)CCCCC)OC(=O)C1CCCCCCCCCCCCCC1)OC(=O)CCC1CCCCC1. The van der Waals surface area contributed by atoms with E-state index in [9.17, 15) is 14.7 Å². The molecule has 2 aliphatic carbocycles. The lowest BCUT2D eigenvalue weighted by Gasteiger charge is -2.25. The van der Waals surface area contributed by atoms with Gasteiger partial charge >= 0.3 is 11.9 Å². The van der Waals surface area contributed by atoms with Crippen LogP contribution in [0, 0.1) is 11.8 Å². The van der Waals surface area contributed by atoms with Gasteiger partial charge in [-0.1, -0.05) is 168 Å². The van der Waals surface area contributed by atoms with Crippen molar-refractivity contribution < 1.29 is 24.2 Å². The van der Waals surface area contributed by atoms with Crippen molar-refractivity contribution in [2.24, 2.45) is 11.8 Å². The molecule has 0 saturated heterocycles. The molecule has 1 N–H and O–H groups in total. The monoisotopic (exact) mass is 723 g/mol. The van der Waals surface area contributed by atoms with Crippen LogP contribution in [0.1, 0.15) is 232 Å². The number of esters is 2. The zero-order chi connectivity index (χ0) is 35.9. The van der Waals surface area contributed by atoms with Gasteiger partial charge in [-0.25, -0.2) is 0 Å². The van der Waals surface area contributed by atoms with Crippen molar-refractivity contribution in [3.8, 4) is 0 Å². The Hall–Kier alpha value is -0.750. The van der Waals surface area contributed by atoms with E-state index in [1.807, 2.05) is 0 Å². The fourth-order valence-electron chi connectivity index (χ4n) is 8.03.